The van der Waals surface area contributed by atoms with Crippen molar-refractivity contribution in [1.82, 2.24) is 9.78 Å². The van der Waals surface area contributed by atoms with Gasteiger partial charge in [-0.15, -0.1) is 0 Å². The Kier molecular flexibility index (Phi) is 4.16. The third-order valence-corrected chi connectivity index (χ3v) is 3.26. The molecule has 0 radical (unpaired) electrons. The Balaban J connectivity index is 2.12. The van der Waals surface area contributed by atoms with Gasteiger partial charge in [0, 0.05) is 19.2 Å². The van der Waals surface area contributed by atoms with Crippen molar-refractivity contribution in [3.05, 3.63) is 22.6 Å². The van der Waals surface area contributed by atoms with E-state index in [-0.39, 0.29) is 12.1 Å². The van der Waals surface area contributed by atoms with Gasteiger partial charge in [-0.3, -0.25) is 9.59 Å². The highest BCUT2D eigenvalue weighted by Crippen LogP contribution is 2.16. The predicted molar refractivity (Wildman–Crippen MR) is 70.2 cm³/mol. The number of piperidine rings is 1. The van der Waals surface area contributed by atoms with Gasteiger partial charge in [-0.25, -0.2) is 4.68 Å². The molecule has 0 amide bonds. The van der Waals surface area contributed by atoms with E-state index in [1.54, 1.807) is 6.20 Å². The second kappa shape index (κ2) is 5.83. The van der Waals surface area contributed by atoms with E-state index in [0.29, 0.717) is 0 Å². The maximum Gasteiger partial charge on any atom is 0.322 e. The van der Waals surface area contributed by atoms with Gasteiger partial charge in [-0.05, 0) is 19.3 Å². The number of carbonyl (C=O) groups is 1. The van der Waals surface area contributed by atoms with Crippen LogP contribution in [0.5, 0.6) is 0 Å². The number of hydrogen-bond acceptors (Lipinski definition) is 5. The predicted octanol–water partition coefficient (Wildman–Crippen LogP) is -0.355. The topological polar surface area (TPSA) is 101 Å². The van der Waals surface area contributed by atoms with Gasteiger partial charge in [0.15, 0.2) is 0 Å². The van der Waals surface area contributed by atoms with Crippen LogP contribution in [0.1, 0.15) is 19.3 Å². The number of nitrogens with zero attached hydrogens (tertiary/aromatic N) is 3. The van der Waals surface area contributed by atoms with Crippen LogP contribution in [0, 0.1) is 0 Å². The molecule has 1 unspecified atom stereocenters. The van der Waals surface area contributed by atoms with Gasteiger partial charge in [0.25, 0.3) is 5.56 Å². The summed E-state index contributed by atoms with van der Waals surface area (Å²) in [4.78, 5) is 24.6. The van der Waals surface area contributed by atoms with Crippen LogP contribution in [0.15, 0.2) is 17.1 Å². The highest BCUT2D eigenvalue weighted by Gasteiger charge is 2.15. The van der Waals surface area contributed by atoms with E-state index >= 15 is 0 Å². The number of anilines is 1. The Bertz CT molecular complexity index is 508. The quantitative estimate of drug-likeness (QED) is 0.772. The van der Waals surface area contributed by atoms with Gasteiger partial charge in [0.2, 0.25) is 0 Å². The second-order valence-electron chi connectivity index (χ2n) is 4.73. The number of carboxylic acid groups (broad SMARTS) is 1. The molecule has 104 valence electrons. The average molecular weight is 266 g/mol. The fourth-order valence-electron chi connectivity index (χ4n) is 2.15. The fourth-order valence-corrected chi connectivity index (χ4v) is 2.15. The van der Waals surface area contributed by atoms with Crippen LogP contribution in [0.3, 0.4) is 0 Å². The van der Waals surface area contributed by atoms with Crippen molar-refractivity contribution in [3.63, 3.8) is 0 Å². The van der Waals surface area contributed by atoms with Gasteiger partial charge in [0.1, 0.15) is 6.04 Å². The van der Waals surface area contributed by atoms with E-state index in [1.165, 1.54) is 12.5 Å². The molecule has 1 fully saturated rings. The van der Waals surface area contributed by atoms with Crippen LogP contribution < -0.4 is 16.2 Å². The summed E-state index contributed by atoms with van der Waals surface area (Å²) in [5, 5.41) is 12.7. The molecule has 1 atom stereocenters. The lowest BCUT2D eigenvalue weighted by Crippen LogP contribution is -2.39. The molecule has 1 aliphatic rings. The molecule has 0 spiro atoms. The molecular formula is C12H18N4O3. The number of nitrogens with two attached hydrogens (primary N) is 1. The summed E-state index contributed by atoms with van der Waals surface area (Å²) < 4.78 is 1.09. The van der Waals surface area contributed by atoms with E-state index in [0.717, 1.165) is 36.3 Å². The molecule has 0 bridgehead atoms. The zero-order valence-corrected chi connectivity index (χ0v) is 10.7. The monoisotopic (exact) mass is 266 g/mol. The molecule has 7 nitrogen and oxygen atoms in total. The number of hydrogen-bond donors (Lipinski definition) is 2. The molecule has 7 heteroatoms. The first kappa shape index (κ1) is 13.5. The van der Waals surface area contributed by atoms with Crippen molar-refractivity contribution in [2.24, 2.45) is 5.73 Å². The number of carboxylic acids is 1. The van der Waals surface area contributed by atoms with E-state index in [1.807, 2.05) is 0 Å². The van der Waals surface area contributed by atoms with E-state index < -0.39 is 12.0 Å². The zero-order valence-electron chi connectivity index (χ0n) is 10.7. The largest absolute Gasteiger partial charge is 0.480 e. The minimum absolute atomic E-state index is 0.117. The van der Waals surface area contributed by atoms with Crippen LogP contribution in [0.25, 0.3) is 0 Å². The summed E-state index contributed by atoms with van der Waals surface area (Å²) in [5.74, 6) is -1.14. The molecule has 1 saturated heterocycles. The molecule has 0 aliphatic carbocycles. The first-order valence-corrected chi connectivity index (χ1v) is 6.38. The average Bonchev–Trinajstić information content (AvgIpc) is 2.41. The van der Waals surface area contributed by atoms with Crippen LogP contribution in [0.4, 0.5) is 5.69 Å². The maximum atomic E-state index is 11.9. The standard InChI is InChI=1S/C12H18N4O3/c13-10(12(18)19)8-16-11(17)6-9(7-14-16)15-4-2-1-3-5-15/h6-7,10H,1-5,8,13H2,(H,18,19). The van der Waals surface area contributed by atoms with E-state index in [9.17, 15) is 9.59 Å². The minimum atomic E-state index is -1.14. The molecule has 0 saturated carbocycles. The van der Waals surface area contributed by atoms with Crippen LogP contribution in [-0.4, -0.2) is 40.0 Å². The van der Waals surface area contributed by atoms with Crippen molar-refractivity contribution in [1.29, 1.82) is 0 Å². The Morgan fingerprint density at radius 2 is 2.11 bits per heavy atom. The first-order chi connectivity index (χ1) is 9.08. The summed E-state index contributed by atoms with van der Waals surface area (Å²) in [6.45, 7) is 1.74. The van der Waals surface area contributed by atoms with Gasteiger partial charge in [-0.1, -0.05) is 0 Å². The summed E-state index contributed by atoms with van der Waals surface area (Å²) in [6, 6.07) is 0.374. The molecule has 0 aromatic carbocycles. The summed E-state index contributed by atoms with van der Waals surface area (Å²) in [6.07, 6.45) is 5.05. The third-order valence-electron chi connectivity index (χ3n) is 3.26. The molecule has 1 aromatic rings. The van der Waals surface area contributed by atoms with Crippen molar-refractivity contribution in [3.8, 4) is 0 Å². The van der Waals surface area contributed by atoms with Crippen molar-refractivity contribution >= 4 is 11.7 Å². The lowest BCUT2D eigenvalue weighted by Gasteiger charge is -2.28. The minimum Gasteiger partial charge on any atom is -0.480 e. The summed E-state index contributed by atoms with van der Waals surface area (Å²) >= 11 is 0. The van der Waals surface area contributed by atoms with Gasteiger partial charge in [-0.2, -0.15) is 5.10 Å². The maximum absolute atomic E-state index is 11.9. The number of rotatable bonds is 4. The fraction of sp³-hybridized carbons (Fsp3) is 0.583. The molecule has 19 heavy (non-hydrogen) atoms. The van der Waals surface area contributed by atoms with Gasteiger partial charge in [0.05, 0.1) is 18.4 Å². The van der Waals surface area contributed by atoms with Crippen molar-refractivity contribution in [2.75, 3.05) is 18.0 Å². The van der Waals surface area contributed by atoms with E-state index in [4.69, 9.17) is 10.8 Å². The molecule has 3 N–H and O–H groups in total. The highest BCUT2D eigenvalue weighted by molar-refractivity contribution is 5.72. The molecule has 2 heterocycles. The summed E-state index contributed by atoms with van der Waals surface area (Å²) in [5.41, 5.74) is 5.87. The lowest BCUT2D eigenvalue weighted by atomic mass is 10.1. The first-order valence-electron chi connectivity index (χ1n) is 6.38. The molecule has 1 aliphatic heterocycles. The van der Waals surface area contributed by atoms with Gasteiger partial charge < -0.3 is 15.7 Å². The summed E-state index contributed by atoms with van der Waals surface area (Å²) in [7, 11) is 0. The Morgan fingerprint density at radius 3 is 2.68 bits per heavy atom. The molecule has 1 aromatic heterocycles. The van der Waals surface area contributed by atoms with E-state index in [2.05, 4.69) is 10.00 Å². The van der Waals surface area contributed by atoms with Crippen molar-refractivity contribution < 1.29 is 9.90 Å². The van der Waals surface area contributed by atoms with Crippen LogP contribution >= 0.6 is 0 Å². The highest BCUT2D eigenvalue weighted by atomic mass is 16.4. The molecular weight excluding hydrogens is 248 g/mol. The molecule has 2 rings (SSSR count). The van der Waals surface area contributed by atoms with Gasteiger partial charge >= 0.3 is 5.97 Å². The normalized spacial score (nSPS) is 17.2. The van der Waals surface area contributed by atoms with Crippen LogP contribution in [-0.2, 0) is 11.3 Å². The Morgan fingerprint density at radius 1 is 1.42 bits per heavy atom. The second-order valence-corrected chi connectivity index (χ2v) is 4.73. The lowest BCUT2D eigenvalue weighted by molar-refractivity contribution is -0.138. The number of aliphatic carboxylic acids is 1. The zero-order chi connectivity index (χ0) is 13.8. The SMILES string of the molecule is NC(Cn1ncc(N2CCCCC2)cc1=O)C(=O)O. The smallest absolute Gasteiger partial charge is 0.322 e. The van der Waals surface area contributed by atoms with Crippen LogP contribution in [0.2, 0.25) is 0 Å². The number of aromatic nitrogens is 2. The Hall–Kier alpha value is -1.89. The van der Waals surface area contributed by atoms with Crippen molar-refractivity contribution in [2.45, 2.75) is 31.8 Å². The third kappa shape index (κ3) is 3.31. The Labute approximate surface area is 110 Å².